The van der Waals surface area contributed by atoms with Gasteiger partial charge in [0.25, 0.3) is 5.56 Å². The number of aliphatic hydroxyl groups excluding tert-OH is 1. The van der Waals surface area contributed by atoms with Crippen molar-refractivity contribution < 1.29 is 14.7 Å². The van der Waals surface area contributed by atoms with Crippen molar-refractivity contribution in [3.8, 4) is 0 Å². The summed E-state index contributed by atoms with van der Waals surface area (Å²) in [5.41, 5.74) is 8.32. The Balaban J connectivity index is 1.58. The van der Waals surface area contributed by atoms with Crippen molar-refractivity contribution in [2.24, 2.45) is 5.73 Å². The fourth-order valence-corrected chi connectivity index (χ4v) is 4.25. The van der Waals surface area contributed by atoms with Crippen LogP contribution in [0.25, 0.3) is 11.0 Å². The topological polar surface area (TPSA) is 133 Å². The Morgan fingerprint density at radius 2 is 2.12 bits per heavy atom. The molecule has 1 fully saturated rings. The molecule has 9 heteroatoms. The lowest BCUT2D eigenvalue weighted by Crippen LogP contribution is -2.39. The fraction of sp³-hybridized carbons (Fsp3) is 0.333. The second kappa shape index (κ2) is 9.51. The summed E-state index contributed by atoms with van der Waals surface area (Å²) in [7, 11) is 1.74. The number of nitrogens with one attached hydrogen (secondary N) is 1. The smallest absolute Gasteiger partial charge is 0.266 e. The lowest BCUT2D eigenvalue weighted by molar-refractivity contribution is -0.131. The molecule has 9 nitrogen and oxygen atoms in total. The van der Waals surface area contributed by atoms with Crippen molar-refractivity contribution in [2.75, 3.05) is 26.7 Å². The summed E-state index contributed by atoms with van der Waals surface area (Å²) in [6, 6.07) is 12.0. The van der Waals surface area contributed by atoms with Crippen LogP contribution in [-0.2, 0) is 11.2 Å². The molecule has 2 aromatic carbocycles. The van der Waals surface area contributed by atoms with Crippen molar-refractivity contribution in [1.29, 1.82) is 0 Å². The number of fused-ring (bicyclic) bond motifs is 1. The molecular weight excluding hydrogens is 422 g/mol. The number of carbonyl (C=O) groups excluding carboxylic acids is 2. The van der Waals surface area contributed by atoms with Crippen molar-refractivity contribution in [2.45, 2.75) is 25.0 Å². The van der Waals surface area contributed by atoms with Crippen LogP contribution in [-0.4, -0.2) is 69.5 Å². The number of amides is 2. The number of rotatable bonds is 7. The number of primary amides is 1. The van der Waals surface area contributed by atoms with Crippen LogP contribution < -0.4 is 11.3 Å². The lowest BCUT2D eigenvalue weighted by Gasteiger charge is -2.32. The second-order valence-electron chi connectivity index (χ2n) is 8.49. The number of aromatic amines is 1. The number of carbonyl (C=O) groups is 2. The minimum atomic E-state index is -0.528. The molecule has 4 N–H and O–H groups in total. The van der Waals surface area contributed by atoms with Gasteiger partial charge in [-0.05, 0) is 41.8 Å². The first-order valence-electron chi connectivity index (χ1n) is 10.8. The van der Waals surface area contributed by atoms with Crippen molar-refractivity contribution in [1.82, 2.24) is 19.8 Å². The van der Waals surface area contributed by atoms with E-state index in [0.717, 1.165) is 17.7 Å². The molecule has 0 bridgehead atoms. The molecule has 0 spiro atoms. The third kappa shape index (κ3) is 5.27. The van der Waals surface area contributed by atoms with Gasteiger partial charge in [0.2, 0.25) is 11.8 Å². The largest absolute Gasteiger partial charge is 0.392 e. The molecular formula is C24H27N5O4. The molecule has 2 atom stereocenters. The maximum atomic E-state index is 13.3. The van der Waals surface area contributed by atoms with Crippen LogP contribution in [0.3, 0.4) is 0 Å². The molecule has 0 aliphatic carbocycles. The van der Waals surface area contributed by atoms with Gasteiger partial charge in [-0.3, -0.25) is 19.3 Å². The SMILES string of the molecule is CN(C(=O)Cc1ccc2ncc(=O)[nH]c2c1)C(CN1CC[C@H](O)C1)c1cccc(C(N)=O)c1. The molecule has 33 heavy (non-hydrogen) atoms. The number of aliphatic hydroxyl groups is 1. The van der Waals surface area contributed by atoms with E-state index >= 15 is 0 Å². The van der Waals surface area contributed by atoms with Crippen LogP contribution in [0.2, 0.25) is 0 Å². The molecule has 0 saturated carbocycles. The average molecular weight is 450 g/mol. The third-order valence-electron chi connectivity index (χ3n) is 6.09. The Morgan fingerprint density at radius 1 is 1.30 bits per heavy atom. The van der Waals surface area contributed by atoms with E-state index in [4.69, 9.17) is 5.73 Å². The zero-order valence-electron chi connectivity index (χ0n) is 18.4. The summed E-state index contributed by atoms with van der Waals surface area (Å²) in [6.07, 6.45) is 1.67. The molecule has 4 rings (SSSR count). The summed E-state index contributed by atoms with van der Waals surface area (Å²) in [4.78, 5) is 47.2. The second-order valence-corrected chi connectivity index (χ2v) is 8.49. The van der Waals surface area contributed by atoms with Gasteiger partial charge < -0.3 is 20.7 Å². The molecule has 1 aromatic heterocycles. The van der Waals surface area contributed by atoms with Crippen molar-refractivity contribution in [3.05, 3.63) is 75.7 Å². The highest BCUT2D eigenvalue weighted by molar-refractivity contribution is 5.93. The van der Waals surface area contributed by atoms with Gasteiger partial charge in [0.15, 0.2) is 0 Å². The zero-order chi connectivity index (χ0) is 23.5. The van der Waals surface area contributed by atoms with Gasteiger partial charge in [0.05, 0.1) is 35.8 Å². The number of nitrogens with zero attached hydrogens (tertiary/aromatic N) is 3. The Morgan fingerprint density at radius 3 is 2.85 bits per heavy atom. The number of hydrogen-bond acceptors (Lipinski definition) is 6. The standard InChI is InChI=1S/C24H27N5O4/c1-28(23(32)10-15-5-6-19-20(9-15)27-22(31)12-26-19)21(14-29-8-7-18(30)13-29)16-3-2-4-17(11-16)24(25)33/h2-6,9,11-12,18,21,30H,7-8,10,13-14H2,1H3,(H2,25,33)(H,27,31)/t18-,21?/m0/s1. The number of likely N-dealkylation sites (N-methyl/N-ethyl adjacent to an activating group) is 1. The van der Waals surface area contributed by atoms with Gasteiger partial charge in [0.1, 0.15) is 0 Å². The first-order chi connectivity index (χ1) is 15.8. The summed E-state index contributed by atoms with van der Waals surface area (Å²) in [5, 5.41) is 9.93. The maximum absolute atomic E-state index is 13.3. The van der Waals surface area contributed by atoms with E-state index in [-0.39, 0.29) is 30.0 Å². The monoisotopic (exact) mass is 449 g/mol. The highest BCUT2D eigenvalue weighted by Crippen LogP contribution is 2.25. The van der Waals surface area contributed by atoms with Crippen molar-refractivity contribution >= 4 is 22.8 Å². The predicted octanol–water partition coefficient (Wildman–Crippen LogP) is 0.831. The Kier molecular flexibility index (Phi) is 6.52. The van der Waals surface area contributed by atoms with E-state index < -0.39 is 5.91 Å². The van der Waals surface area contributed by atoms with E-state index in [9.17, 15) is 19.5 Å². The molecule has 1 aliphatic rings. The fourth-order valence-electron chi connectivity index (χ4n) is 4.25. The average Bonchev–Trinajstić information content (AvgIpc) is 3.21. The minimum absolute atomic E-state index is 0.116. The Labute approximate surface area is 190 Å². The van der Waals surface area contributed by atoms with Gasteiger partial charge in [0, 0.05) is 32.2 Å². The van der Waals surface area contributed by atoms with Gasteiger partial charge in [-0.2, -0.15) is 0 Å². The van der Waals surface area contributed by atoms with E-state index in [1.807, 2.05) is 12.1 Å². The summed E-state index contributed by atoms with van der Waals surface area (Å²) >= 11 is 0. The number of likely N-dealkylation sites (tertiary alicyclic amines) is 1. The van der Waals surface area contributed by atoms with Crippen LogP contribution >= 0.6 is 0 Å². The van der Waals surface area contributed by atoms with E-state index in [1.54, 1.807) is 42.3 Å². The van der Waals surface area contributed by atoms with Gasteiger partial charge in [-0.25, -0.2) is 4.98 Å². The molecule has 172 valence electrons. The lowest BCUT2D eigenvalue weighted by atomic mass is 10.0. The molecule has 3 aromatic rings. The highest BCUT2D eigenvalue weighted by atomic mass is 16.3. The third-order valence-corrected chi connectivity index (χ3v) is 6.09. The normalized spacial score (nSPS) is 17.2. The van der Waals surface area contributed by atoms with Crippen LogP contribution in [0.1, 0.15) is 33.9 Å². The minimum Gasteiger partial charge on any atom is -0.392 e. The summed E-state index contributed by atoms with van der Waals surface area (Å²) in [5.74, 6) is -0.644. The number of H-pyrrole nitrogens is 1. The molecule has 1 aliphatic heterocycles. The van der Waals surface area contributed by atoms with Crippen molar-refractivity contribution in [3.63, 3.8) is 0 Å². The molecule has 2 heterocycles. The molecule has 0 radical (unpaired) electrons. The van der Waals surface area contributed by atoms with Crippen LogP contribution in [0, 0.1) is 0 Å². The molecule has 2 amide bonds. The van der Waals surface area contributed by atoms with Gasteiger partial charge in [-0.15, -0.1) is 0 Å². The first kappa shape index (κ1) is 22.6. The van der Waals surface area contributed by atoms with Gasteiger partial charge in [-0.1, -0.05) is 18.2 Å². The Hall–Kier alpha value is -3.56. The zero-order valence-corrected chi connectivity index (χ0v) is 18.4. The number of benzene rings is 2. The van der Waals surface area contributed by atoms with E-state index in [1.165, 1.54) is 6.20 Å². The predicted molar refractivity (Wildman–Crippen MR) is 124 cm³/mol. The van der Waals surface area contributed by atoms with Crippen LogP contribution in [0.15, 0.2) is 53.5 Å². The summed E-state index contributed by atoms with van der Waals surface area (Å²) in [6.45, 7) is 1.80. The number of aromatic nitrogens is 2. The Bertz CT molecular complexity index is 1240. The van der Waals surface area contributed by atoms with E-state index in [2.05, 4.69) is 14.9 Å². The van der Waals surface area contributed by atoms with Crippen LogP contribution in [0.5, 0.6) is 0 Å². The maximum Gasteiger partial charge on any atom is 0.266 e. The number of hydrogen-bond donors (Lipinski definition) is 3. The highest BCUT2D eigenvalue weighted by Gasteiger charge is 2.28. The first-order valence-corrected chi connectivity index (χ1v) is 10.8. The van der Waals surface area contributed by atoms with Crippen LogP contribution in [0.4, 0.5) is 0 Å². The molecule has 1 saturated heterocycles. The number of β-amino-alcohol motifs (C(OH)–C–C–N with tert-alkyl or cyclic N) is 1. The van der Waals surface area contributed by atoms with E-state index in [0.29, 0.717) is 36.1 Å². The summed E-state index contributed by atoms with van der Waals surface area (Å²) < 4.78 is 0. The number of nitrogens with two attached hydrogens (primary N) is 1. The van der Waals surface area contributed by atoms with Gasteiger partial charge >= 0.3 is 0 Å². The molecule has 1 unspecified atom stereocenters. The quantitative estimate of drug-likeness (QED) is 0.489.